The molecule has 2 heterocycles. The fourth-order valence-electron chi connectivity index (χ4n) is 1.32. The second kappa shape index (κ2) is 3.06. The summed E-state index contributed by atoms with van der Waals surface area (Å²) in [5.41, 5.74) is 1.72. The maximum Gasteiger partial charge on any atom is 0.290 e. The smallest absolute Gasteiger partial charge is 0.290 e. The lowest BCUT2D eigenvalue weighted by Gasteiger charge is -2.16. The van der Waals surface area contributed by atoms with E-state index in [0.717, 1.165) is 5.69 Å². The van der Waals surface area contributed by atoms with E-state index in [4.69, 9.17) is 6.57 Å². The van der Waals surface area contributed by atoms with Gasteiger partial charge in [-0.3, -0.25) is 0 Å². The average Bonchev–Trinajstić information content (AvgIpc) is 2.57. The molecule has 2 aromatic rings. The highest BCUT2D eigenvalue weighted by Gasteiger charge is 2.17. The molecule has 0 radical (unpaired) electrons. The number of hydrogen-bond donors (Lipinski definition) is 0. The summed E-state index contributed by atoms with van der Waals surface area (Å²) in [7, 11) is 0. The quantitative estimate of drug-likeness (QED) is 0.612. The van der Waals surface area contributed by atoms with Crippen molar-refractivity contribution in [1.82, 2.24) is 14.6 Å². The van der Waals surface area contributed by atoms with Crippen molar-refractivity contribution in [2.45, 2.75) is 26.2 Å². The molecule has 0 aliphatic carbocycles. The molecule has 0 saturated heterocycles. The number of nitrogens with zero attached hydrogens (tertiary/aromatic N) is 4. The van der Waals surface area contributed by atoms with Crippen LogP contribution < -0.4 is 0 Å². The highest BCUT2D eigenvalue weighted by atomic mass is 15.3. The lowest BCUT2D eigenvalue weighted by molar-refractivity contribution is 0.554. The standard InChI is InChI=1S/C11H12N4/c1-11(2,3)8-5-6-10-13-9(12-4)7-15(10)14-8/h5-7H,1-3H3. The second-order valence-corrected chi connectivity index (χ2v) is 4.48. The Morgan fingerprint density at radius 2 is 2.07 bits per heavy atom. The highest BCUT2D eigenvalue weighted by Crippen LogP contribution is 2.20. The normalized spacial score (nSPS) is 11.6. The third-order valence-corrected chi connectivity index (χ3v) is 2.19. The van der Waals surface area contributed by atoms with Crippen LogP contribution in [0, 0.1) is 6.57 Å². The lowest BCUT2D eigenvalue weighted by Crippen LogP contribution is -2.14. The van der Waals surface area contributed by atoms with Gasteiger partial charge in [-0.05, 0) is 6.07 Å². The van der Waals surface area contributed by atoms with E-state index in [1.807, 2.05) is 12.1 Å². The van der Waals surface area contributed by atoms with Crippen molar-refractivity contribution in [3.63, 3.8) is 0 Å². The summed E-state index contributed by atoms with van der Waals surface area (Å²) in [6.45, 7) is 13.2. The Bertz CT molecular complexity index is 540. The monoisotopic (exact) mass is 200 g/mol. The molecule has 2 aromatic heterocycles. The van der Waals surface area contributed by atoms with Gasteiger partial charge in [-0.2, -0.15) is 5.10 Å². The fraction of sp³-hybridized carbons (Fsp3) is 0.364. The van der Waals surface area contributed by atoms with Crippen molar-refractivity contribution in [2.24, 2.45) is 0 Å². The van der Waals surface area contributed by atoms with Crippen LogP contribution in [0.1, 0.15) is 26.5 Å². The van der Waals surface area contributed by atoms with Crippen molar-refractivity contribution in [2.75, 3.05) is 0 Å². The van der Waals surface area contributed by atoms with Gasteiger partial charge in [0, 0.05) is 11.5 Å². The van der Waals surface area contributed by atoms with Gasteiger partial charge in [0.25, 0.3) is 5.82 Å². The SMILES string of the molecule is [C-]#[N+]c1cn2nc(C(C)(C)C)ccc2n1. The van der Waals surface area contributed by atoms with Crippen LogP contribution in [0.2, 0.25) is 0 Å². The Morgan fingerprint density at radius 1 is 1.33 bits per heavy atom. The van der Waals surface area contributed by atoms with Gasteiger partial charge >= 0.3 is 0 Å². The molecular weight excluding hydrogens is 188 g/mol. The van der Waals surface area contributed by atoms with E-state index in [2.05, 4.69) is 35.7 Å². The molecule has 0 N–H and O–H groups in total. The molecule has 0 atom stereocenters. The van der Waals surface area contributed by atoms with Crippen LogP contribution in [0.15, 0.2) is 18.3 Å². The maximum absolute atomic E-state index is 6.87. The Balaban J connectivity index is 2.62. The lowest BCUT2D eigenvalue weighted by atomic mass is 9.92. The molecule has 76 valence electrons. The van der Waals surface area contributed by atoms with Crippen molar-refractivity contribution < 1.29 is 0 Å². The minimum absolute atomic E-state index is 0.0106. The molecule has 0 bridgehead atoms. The zero-order valence-electron chi connectivity index (χ0n) is 9.02. The minimum Gasteiger partial charge on any atom is -0.359 e. The van der Waals surface area contributed by atoms with Crippen LogP contribution in [-0.2, 0) is 5.41 Å². The molecule has 0 amide bonds. The van der Waals surface area contributed by atoms with Gasteiger partial charge in [0.15, 0.2) is 0 Å². The third-order valence-electron chi connectivity index (χ3n) is 2.19. The van der Waals surface area contributed by atoms with E-state index in [0.29, 0.717) is 11.5 Å². The van der Waals surface area contributed by atoms with Gasteiger partial charge < -0.3 is 4.85 Å². The summed E-state index contributed by atoms with van der Waals surface area (Å²) >= 11 is 0. The Kier molecular flexibility index (Phi) is 1.97. The second-order valence-electron chi connectivity index (χ2n) is 4.48. The van der Waals surface area contributed by atoms with Crippen molar-refractivity contribution in [1.29, 1.82) is 0 Å². The summed E-state index contributed by atoms with van der Waals surface area (Å²) in [6, 6.07) is 3.85. The Hall–Kier alpha value is -1.89. The van der Waals surface area contributed by atoms with Gasteiger partial charge in [0.2, 0.25) is 5.65 Å². The van der Waals surface area contributed by atoms with Crippen LogP contribution in [0.5, 0.6) is 0 Å². The van der Waals surface area contributed by atoms with Crippen molar-refractivity contribution in [3.8, 4) is 0 Å². The first-order valence-corrected chi connectivity index (χ1v) is 4.75. The van der Waals surface area contributed by atoms with Gasteiger partial charge in [0.1, 0.15) is 0 Å². The third kappa shape index (κ3) is 1.68. The zero-order chi connectivity index (χ0) is 11.1. The van der Waals surface area contributed by atoms with Crippen LogP contribution in [0.4, 0.5) is 5.82 Å². The van der Waals surface area contributed by atoms with E-state index in [1.54, 1.807) is 10.7 Å². The highest BCUT2D eigenvalue weighted by molar-refractivity contribution is 5.48. The first-order chi connectivity index (χ1) is 7.00. The molecule has 2 rings (SSSR count). The molecule has 0 fully saturated rings. The van der Waals surface area contributed by atoms with Crippen LogP contribution in [0.3, 0.4) is 0 Å². The average molecular weight is 200 g/mol. The predicted octanol–water partition coefficient (Wildman–Crippen LogP) is 2.58. The van der Waals surface area contributed by atoms with E-state index < -0.39 is 0 Å². The minimum atomic E-state index is 0.0106. The molecule has 0 unspecified atom stereocenters. The summed E-state index contributed by atoms with van der Waals surface area (Å²) in [5.74, 6) is 0.383. The Labute approximate surface area is 88.4 Å². The molecule has 0 aliphatic heterocycles. The van der Waals surface area contributed by atoms with E-state index in [9.17, 15) is 0 Å². The van der Waals surface area contributed by atoms with Gasteiger partial charge in [-0.1, -0.05) is 32.3 Å². The summed E-state index contributed by atoms with van der Waals surface area (Å²) in [5, 5.41) is 4.43. The largest absolute Gasteiger partial charge is 0.359 e. The molecule has 15 heavy (non-hydrogen) atoms. The molecule has 4 nitrogen and oxygen atoms in total. The predicted molar refractivity (Wildman–Crippen MR) is 57.9 cm³/mol. The number of fused-ring (bicyclic) bond motifs is 1. The van der Waals surface area contributed by atoms with Crippen LogP contribution >= 0.6 is 0 Å². The molecule has 0 saturated carbocycles. The molecule has 0 aromatic carbocycles. The maximum atomic E-state index is 6.87. The van der Waals surface area contributed by atoms with Crippen LogP contribution in [-0.4, -0.2) is 14.6 Å². The number of imidazole rings is 1. The summed E-state index contributed by atoms with van der Waals surface area (Å²) in [4.78, 5) is 7.38. The van der Waals surface area contributed by atoms with E-state index >= 15 is 0 Å². The first kappa shape index (κ1) is 9.66. The van der Waals surface area contributed by atoms with Crippen molar-refractivity contribution >= 4 is 11.5 Å². The molecule has 0 aliphatic rings. The Morgan fingerprint density at radius 3 is 2.67 bits per heavy atom. The summed E-state index contributed by atoms with van der Waals surface area (Å²) < 4.78 is 1.66. The van der Waals surface area contributed by atoms with Crippen LogP contribution in [0.25, 0.3) is 10.5 Å². The molecule has 0 spiro atoms. The topological polar surface area (TPSA) is 34.5 Å². The number of rotatable bonds is 0. The van der Waals surface area contributed by atoms with Gasteiger partial charge in [-0.25, -0.2) is 4.52 Å². The van der Waals surface area contributed by atoms with E-state index in [1.165, 1.54) is 0 Å². The number of aromatic nitrogens is 3. The summed E-state index contributed by atoms with van der Waals surface area (Å²) in [6.07, 6.45) is 1.65. The van der Waals surface area contributed by atoms with Crippen molar-refractivity contribution in [3.05, 3.63) is 35.4 Å². The molecular formula is C11H12N4. The number of hydrogen-bond acceptors (Lipinski definition) is 2. The molecule has 4 heteroatoms. The first-order valence-electron chi connectivity index (χ1n) is 4.75. The van der Waals surface area contributed by atoms with Gasteiger partial charge in [0.05, 0.1) is 11.9 Å². The van der Waals surface area contributed by atoms with Gasteiger partial charge in [-0.15, -0.1) is 0 Å². The van der Waals surface area contributed by atoms with E-state index in [-0.39, 0.29) is 5.41 Å². The fourth-order valence-corrected chi connectivity index (χ4v) is 1.32. The zero-order valence-corrected chi connectivity index (χ0v) is 9.02.